The summed E-state index contributed by atoms with van der Waals surface area (Å²) in [6.45, 7) is 1.44. The SMILES string of the molecule is Cc1c(O)ccc(F)c1O. The van der Waals surface area contributed by atoms with Crippen LogP contribution < -0.4 is 0 Å². The van der Waals surface area contributed by atoms with Crippen LogP contribution >= 0.6 is 0 Å². The van der Waals surface area contributed by atoms with Crippen LogP contribution in [-0.2, 0) is 0 Å². The number of phenolic OH excluding ortho intramolecular Hbond substituents is 2. The maximum atomic E-state index is 12.4. The molecular formula is C7H7FO2. The molecule has 0 saturated heterocycles. The van der Waals surface area contributed by atoms with Crippen molar-refractivity contribution in [3.8, 4) is 11.5 Å². The van der Waals surface area contributed by atoms with E-state index in [-0.39, 0.29) is 11.3 Å². The Balaban J connectivity index is 3.34. The van der Waals surface area contributed by atoms with Crippen molar-refractivity contribution < 1.29 is 14.6 Å². The van der Waals surface area contributed by atoms with Gasteiger partial charge in [-0.1, -0.05) is 0 Å². The van der Waals surface area contributed by atoms with E-state index < -0.39 is 11.6 Å². The second-order valence-electron chi connectivity index (χ2n) is 2.04. The first kappa shape index (κ1) is 6.86. The van der Waals surface area contributed by atoms with Gasteiger partial charge in [0, 0.05) is 5.56 Å². The van der Waals surface area contributed by atoms with Gasteiger partial charge in [-0.05, 0) is 19.1 Å². The van der Waals surface area contributed by atoms with Crippen LogP contribution in [-0.4, -0.2) is 10.2 Å². The zero-order chi connectivity index (χ0) is 7.72. The monoisotopic (exact) mass is 142 g/mol. The van der Waals surface area contributed by atoms with Crippen molar-refractivity contribution in [2.24, 2.45) is 0 Å². The van der Waals surface area contributed by atoms with Crippen LogP contribution in [0.25, 0.3) is 0 Å². The predicted molar refractivity (Wildman–Crippen MR) is 34.5 cm³/mol. The second kappa shape index (κ2) is 2.17. The third kappa shape index (κ3) is 0.900. The van der Waals surface area contributed by atoms with E-state index in [2.05, 4.69) is 0 Å². The summed E-state index contributed by atoms with van der Waals surface area (Å²) in [5.74, 6) is -1.30. The molecule has 0 spiro atoms. The predicted octanol–water partition coefficient (Wildman–Crippen LogP) is 1.55. The Morgan fingerprint density at radius 3 is 2.40 bits per heavy atom. The molecule has 0 atom stereocenters. The Bertz CT molecular complexity index is 231. The van der Waals surface area contributed by atoms with Gasteiger partial charge in [0.2, 0.25) is 0 Å². The van der Waals surface area contributed by atoms with Gasteiger partial charge in [-0.25, -0.2) is 4.39 Å². The van der Waals surface area contributed by atoms with Gasteiger partial charge in [0.15, 0.2) is 11.6 Å². The van der Waals surface area contributed by atoms with Crippen LogP contribution in [0.3, 0.4) is 0 Å². The van der Waals surface area contributed by atoms with Gasteiger partial charge in [0.25, 0.3) is 0 Å². The fourth-order valence-electron chi connectivity index (χ4n) is 0.656. The number of rotatable bonds is 0. The van der Waals surface area contributed by atoms with E-state index in [0.717, 1.165) is 6.07 Å². The lowest BCUT2D eigenvalue weighted by atomic mass is 10.2. The zero-order valence-electron chi connectivity index (χ0n) is 5.43. The van der Waals surface area contributed by atoms with Crippen molar-refractivity contribution in [2.45, 2.75) is 6.92 Å². The highest BCUT2D eigenvalue weighted by Crippen LogP contribution is 2.27. The molecule has 1 aromatic rings. The molecule has 2 N–H and O–H groups in total. The van der Waals surface area contributed by atoms with Gasteiger partial charge in [0.05, 0.1) is 0 Å². The largest absolute Gasteiger partial charge is 0.508 e. The first-order chi connectivity index (χ1) is 4.63. The standard InChI is InChI=1S/C7H7FO2/c1-4-6(9)3-2-5(8)7(4)10/h2-3,9-10H,1H3. The van der Waals surface area contributed by atoms with E-state index in [1.54, 1.807) is 0 Å². The van der Waals surface area contributed by atoms with E-state index in [1.165, 1.54) is 13.0 Å². The van der Waals surface area contributed by atoms with Crippen LogP contribution in [0.15, 0.2) is 12.1 Å². The maximum Gasteiger partial charge on any atom is 0.165 e. The molecule has 1 aromatic carbocycles. The number of aromatic hydroxyl groups is 2. The fourth-order valence-corrected chi connectivity index (χ4v) is 0.656. The average Bonchev–Trinajstić information content (AvgIpc) is 1.93. The summed E-state index contributed by atoms with van der Waals surface area (Å²) in [4.78, 5) is 0. The number of phenols is 2. The Labute approximate surface area is 57.6 Å². The van der Waals surface area contributed by atoms with Crippen LogP contribution in [0.4, 0.5) is 4.39 Å². The summed E-state index contributed by atoms with van der Waals surface area (Å²) in [6, 6.07) is 2.21. The molecule has 0 radical (unpaired) electrons. The van der Waals surface area contributed by atoms with Gasteiger partial charge in [-0.2, -0.15) is 0 Å². The Morgan fingerprint density at radius 2 is 1.90 bits per heavy atom. The van der Waals surface area contributed by atoms with Crippen molar-refractivity contribution in [1.29, 1.82) is 0 Å². The first-order valence-electron chi connectivity index (χ1n) is 2.80. The lowest BCUT2D eigenvalue weighted by molar-refractivity contribution is 0.413. The molecule has 10 heavy (non-hydrogen) atoms. The normalized spacial score (nSPS) is 9.80. The first-order valence-corrected chi connectivity index (χ1v) is 2.80. The maximum absolute atomic E-state index is 12.4. The van der Waals surface area contributed by atoms with Crippen LogP contribution in [0, 0.1) is 12.7 Å². The Morgan fingerprint density at radius 1 is 1.30 bits per heavy atom. The number of benzene rings is 1. The molecular weight excluding hydrogens is 135 g/mol. The minimum Gasteiger partial charge on any atom is -0.508 e. The summed E-state index contributed by atoms with van der Waals surface area (Å²) in [7, 11) is 0. The quantitative estimate of drug-likeness (QED) is 0.576. The van der Waals surface area contributed by atoms with Crippen molar-refractivity contribution in [1.82, 2.24) is 0 Å². The molecule has 0 aliphatic carbocycles. The summed E-state index contributed by atoms with van der Waals surface area (Å²) < 4.78 is 12.4. The Hall–Kier alpha value is -1.25. The summed E-state index contributed by atoms with van der Waals surface area (Å²) in [5, 5.41) is 17.8. The van der Waals surface area contributed by atoms with E-state index in [1.807, 2.05) is 0 Å². The number of hydrogen-bond donors (Lipinski definition) is 2. The highest BCUT2D eigenvalue weighted by molar-refractivity contribution is 5.42. The minimum absolute atomic E-state index is 0.0982. The molecule has 0 aliphatic rings. The van der Waals surface area contributed by atoms with Crippen molar-refractivity contribution >= 4 is 0 Å². The third-order valence-corrected chi connectivity index (χ3v) is 1.35. The molecule has 0 bridgehead atoms. The van der Waals surface area contributed by atoms with E-state index in [4.69, 9.17) is 10.2 Å². The highest BCUT2D eigenvalue weighted by Gasteiger charge is 2.05. The van der Waals surface area contributed by atoms with E-state index in [9.17, 15) is 4.39 Å². The molecule has 3 heteroatoms. The lowest BCUT2D eigenvalue weighted by Crippen LogP contribution is -1.80. The van der Waals surface area contributed by atoms with Crippen molar-refractivity contribution in [3.63, 3.8) is 0 Å². The van der Waals surface area contributed by atoms with Gasteiger partial charge < -0.3 is 10.2 Å². The van der Waals surface area contributed by atoms with Gasteiger partial charge in [-0.15, -0.1) is 0 Å². The van der Waals surface area contributed by atoms with Crippen LogP contribution in [0.2, 0.25) is 0 Å². The summed E-state index contributed by atoms with van der Waals surface area (Å²) >= 11 is 0. The van der Waals surface area contributed by atoms with Crippen molar-refractivity contribution in [3.05, 3.63) is 23.5 Å². The number of halogens is 1. The van der Waals surface area contributed by atoms with Gasteiger partial charge in [-0.3, -0.25) is 0 Å². The lowest BCUT2D eigenvalue weighted by Gasteiger charge is -2.00. The molecule has 0 amide bonds. The van der Waals surface area contributed by atoms with Gasteiger partial charge >= 0.3 is 0 Å². The minimum atomic E-state index is -0.713. The van der Waals surface area contributed by atoms with Crippen LogP contribution in [0.1, 0.15) is 5.56 Å². The van der Waals surface area contributed by atoms with Crippen molar-refractivity contribution in [2.75, 3.05) is 0 Å². The van der Waals surface area contributed by atoms with E-state index in [0.29, 0.717) is 0 Å². The molecule has 0 saturated carbocycles. The molecule has 0 fully saturated rings. The molecule has 2 nitrogen and oxygen atoms in total. The number of hydrogen-bond acceptors (Lipinski definition) is 2. The molecule has 0 unspecified atom stereocenters. The molecule has 54 valence electrons. The van der Waals surface area contributed by atoms with Gasteiger partial charge in [0.1, 0.15) is 5.75 Å². The molecule has 1 rings (SSSR count). The summed E-state index contributed by atoms with van der Waals surface area (Å²) in [5.41, 5.74) is 0.167. The average molecular weight is 142 g/mol. The second-order valence-corrected chi connectivity index (χ2v) is 2.04. The van der Waals surface area contributed by atoms with E-state index >= 15 is 0 Å². The molecule has 0 heterocycles. The molecule has 0 aromatic heterocycles. The smallest absolute Gasteiger partial charge is 0.165 e. The topological polar surface area (TPSA) is 40.5 Å². The van der Waals surface area contributed by atoms with Crippen LogP contribution in [0.5, 0.6) is 11.5 Å². The highest BCUT2D eigenvalue weighted by atomic mass is 19.1. The third-order valence-electron chi connectivity index (χ3n) is 1.35. The molecule has 0 aliphatic heterocycles. The Kier molecular flexibility index (Phi) is 1.49. The zero-order valence-corrected chi connectivity index (χ0v) is 5.43. The fraction of sp³-hybridized carbons (Fsp3) is 0.143. The summed E-state index contributed by atoms with van der Waals surface area (Å²) in [6.07, 6.45) is 0.